The van der Waals surface area contributed by atoms with Gasteiger partial charge in [-0.15, -0.1) is 11.3 Å². The summed E-state index contributed by atoms with van der Waals surface area (Å²) in [5, 5.41) is 4.20. The van der Waals surface area contributed by atoms with Gasteiger partial charge in [0.25, 0.3) is 0 Å². The van der Waals surface area contributed by atoms with E-state index in [0.717, 1.165) is 34.4 Å². The van der Waals surface area contributed by atoms with Crippen LogP contribution in [0.2, 0.25) is 0 Å². The van der Waals surface area contributed by atoms with Crippen LogP contribution in [0.1, 0.15) is 12.8 Å². The second-order valence-corrected chi connectivity index (χ2v) is 9.38. The number of thiazole rings is 1. The van der Waals surface area contributed by atoms with Gasteiger partial charge in [0.2, 0.25) is 5.91 Å². The zero-order valence-corrected chi connectivity index (χ0v) is 21.5. The number of piperidine rings is 1. The number of rotatable bonds is 8. The van der Waals surface area contributed by atoms with E-state index in [0.29, 0.717) is 41.7 Å². The van der Waals surface area contributed by atoms with Crippen molar-refractivity contribution in [3.63, 3.8) is 0 Å². The molecule has 37 heavy (non-hydrogen) atoms. The lowest BCUT2D eigenvalue weighted by molar-refractivity contribution is -0.127. The van der Waals surface area contributed by atoms with Gasteiger partial charge in [-0.1, -0.05) is 6.58 Å². The summed E-state index contributed by atoms with van der Waals surface area (Å²) in [4.78, 5) is 27.9. The maximum atomic E-state index is 11.9. The zero-order valence-electron chi connectivity index (χ0n) is 20.6. The summed E-state index contributed by atoms with van der Waals surface area (Å²) in [5.74, 6) is 2.44. The first-order valence-corrected chi connectivity index (χ1v) is 12.7. The number of ether oxygens (including phenoxy) is 3. The van der Waals surface area contributed by atoms with Crippen molar-refractivity contribution < 1.29 is 19.0 Å². The Morgan fingerprint density at radius 3 is 2.62 bits per heavy atom. The summed E-state index contributed by atoms with van der Waals surface area (Å²) in [5.41, 5.74) is 4.31. The third kappa shape index (κ3) is 5.19. The molecule has 0 bridgehead atoms. The number of methoxy groups -OCH3 is 2. The first-order valence-electron chi connectivity index (χ1n) is 11.8. The average molecular weight is 518 g/mol. The Kier molecular flexibility index (Phi) is 7.18. The van der Waals surface area contributed by atoms with Crippen molar-refractivity contribution in [3.8, 4) is 27.7 Å². The molecule has 9 nitrogen and oxygen atoms in total. The minimum absolute atomic E-state index is 0.0440. The highest BCUT2D eigenvalue weighted by Crippen LogP contribution is 2.38. The fourth-order valence-corrected chi connectivity index (χ4v) is 4.98. The quantitative estimate of drug-likeness (QED) is 0.324. The average Bonchev–Trinajstić information content (AvgIpc) is 3.48. The number of likely N-dealkylation sites (tertiary alicyclic amines) is 1. The monoisotopic (exact) mass is 517 g/mol. The van der Waals surface area contributed by atoms with Crippen LogP contribution in [0.4, 0.5) is 11.5 Å². The Morgan fingerprint density at radius 2 is 1.92 bits per heavy atom. The largest absolute Gasteiger partial charge is 0.495 e. The summed E-state index contributed by atoms with van der Waals surface area (Å²) in [7, 11) is 3.24. The number of hydrogen-bond acceptors (Lipinski definition) is 9. The molecule has 0 spiro atoms. The SMILES string of the molecule is C=CC(=O)N1CCC(Oc2cc3c(Nc4cc(-c5cncs5)ccc4OC)ncnc3cc2OC)CC1. The van der Waals surface area contributed by atoms with E-state index in [-0.39, 0.29) is 12.0 Å². The fraction of sp³-hybridized carbons (Fsp3) is 0.259. The van der Waals surface area contributed by atoms with E-state index in [1.807, 2.05) is 36.5 Å². The van der Waals surface area contributed by atoms with E-state index in [4.69, 9.17) is 14.2 Å². The molecular formula is C27H27N5O4S. The van der Waals surface area contributed by atoms with Gasteiger partial charge in [-0.05, 0) is 35.9 Å². The predicted octanol–water partition coefficient (Wildman–Crippen LogP) is 5.07. The van der Waals surface area contributed by atoms with E-state index in [1.165, 1.54) is 12.4 Å². The van der Waals surface area contributed by atoms with E-state index in [1.54, 1.807) is 36.0 Å². The van der Waals surface area contributed by atoms with Crippen LogP contribution in [0.3, 0.4) is 0 Å². The molecule has 0 unspecified atom stereocenters. The number of benzene rings is 2. The molecule has 0 atom stereocenters. The summed E-state index contributed by atoms with van der Waals surface area (Å²) >= 11 is 1.57. The second kappa shape index (κ2) is 10.8. The van der Waals surface area contributed by atoms with Gasteiger partial charge in [0, 0.05) is 43.6 Å². The minimum Gasteiger partial charge on any atom is -0.495 e. The van der Waals surface area contributed by atoms with E-state index < -0.39 is 0 Å². The van der Waals surface area contributed by atoms with E-state index in [2.05, 4.69) is 26.8 Å². The summed E-state index contributed by atoms with van der Waals surface area (Å²) in [6, 6.07) is 9.68. The number of hydrogen-bond donors (Lipinski definition) is 1. The highest BCUT2D eigenvalue weighted by molar-refractivity contribution is 7.13. The van der Waals surface area contributed by atoms with Gasteiger partial charge < -0.3 is 24.4 Å². The van der Waals surface area contributed by atoms with Crippen LogP contribution in [0.15, 0.2) is 61.0 Å². The fourth-order valence-electron chi connectivity index (χ4n) is 4.36. The number of carbonyl (C=O) groups is 1. The lowest BCUT2D eigenvalue weighted by atomic mass is 10.1. The molecule has 2 aromatic heterocycles. The highest BCUT2D eigenvalue weighted by Gasteiger charge is 2.24. The number of carbonyl (C=O) groups excluding carboxylic acids is 1. The molecule has 2 aromatic carbocycles. The van der Waals surface area contributed by atoms with Crippen LogP contribution in [-0.2, 0) is 4.79 Å². The maximum absolute atomic E-state index is 11.9. The predicted molar refractivity (Wildman–Crippen MR) is 144 cm³/mol. The number of amides is 1. The molecule has 1 N–H and O–H groups in total. The molecule has 1 fully saturated rings. The van der Waals surface area contributed by atoms with Gasteiger partial charge in [0.15, 0.2) is 11.5 Å². The van der Waals surface area contributed by atoms with Crippen LogP contribution >= 0.6 is 11.3 Å². The summed E-state index contributed by atoms with van der Waals surface area (Å²) in [6.45, 7) is 4.82. The van der Waals surface area contributed by atoms with Crippen LogP contribution < -0.4 is 19.5 Å². The van der Waals surface area contributed by atoms with Crippen LogP contribution in [0, 0.1) is 0 Å². The first-order chi connectivity index (χ1) is 18.1. The minimum atomic E-state index is -0.0514. The van der Waals surface area contributed by atoms with Crippen molar-refractivity contribution in [2.24, 2.45) is 0 Å². The van der Waals surface area contributed by atoms with Crippen molar-refractivity contribution in [2.75, 3.05) is 32.6 Å². The Bertz CT molecular complexity index is 1420. The smallest absolute Gasteiger partial charge is 0.245 e. The standard InChI is InChI=1S/C27H27N5O4S/c1-4-26(33)32-9-7-18(8-10-32)36-24-12-19-20(13-23(24)35-3)29-15-30-27(19)31-21-11-17(5-6-22(21)34-2)25-14-28-16-37-25/h4-6,11-16,18H,1,7-10H2,2-3H3,(H,29,30,31). The zero-order chi connectivity index (χ0) is 25.8. The molecule has 10 heteroatoms. The molecule has 1 saturated heterocycles. The molecule has 190 valence electrons. The number of fused-ring (bicyclic) bond motifs is 1. The Balaban J connectivity index is 1.45. The Hall–Kier alpha value is -4.18. The number of aromatic nitrogens is 3. The molecule has 1 amide bonds. The van der Waals surface area contributed by atoms with Gasteiger partial charge in [0.1, 0.15) is 24.0 Å². The highest BCUT2D eigenvalue weighted by atomic mass is 32.1. The molecule has 4 aromatic rings. The molecule has 0 saturated carbocycles. The second-order valence-electron chi connectivity index (χ2n) is 8.49. The molecule has 3 heterocycles. The van der Waals surface area contributed by atoms with Crippen molar-refractivity contribution >= 4 is 39.7 Å². The molecule has 1 aliphatic heterocycles. The molecule has 1 aliphatic rings. The van der Waals surface area contributed by atoms with E-state index in [9.17, 15) is 4.79 Å². The summed E-state index contributed by atoms with van der Waals surface area (Å²) in [6.07, 6.45) is 6.10. The number of nitrogens with one attached hydrogen (secondary N) is 1. The first kappa shape index (κ1) is 24.5. The van der Waals surface area contributed by atoms with Crippen LogP contribution in [0.25, 0.3) is 21.3 Å². The van der Waals surface area contributed by atoms with Crippen molar-refractivity contribution in [1.82, 2.24) is 19.9 Å². The van der Waals surface area contributed by atoms with Crippen LogP contribution in [-0.4, -0.2) is 59.2 Å². The van der Waals surface area contributed by atoms with Gasteiger partial charge >= 0.3 is 0 Å². The van der Waals surface area contributed by atoms with Gasteiger partial charge in [-0.3, -0.25) is 9.78 Å². The number of anilines is 2. The Labute approximate surface area is 218 Å². The maximum Gasteiger partial charge on any atom is 0.245 e. The van der Waals surface area contributed by atoms with Gasteiger partial charge in [0.05, 0.1) is 35.8 Å². The van der Waals surface area contributed by atoms with Crippen molar-refractivity contribution in [1.29, 1.82) is 0 Å². The van der Waals surface area contributed by atoms with E-state index >= 15 is 0 Å². The number of nitrogens with zero attached hydrogens (tertiary/aromatic N) is 4. The summed E-state index contributed by atoms with van der Waals surface area (Å²) < 4.78 is 17.6. The van der Waals surface area contributed by atoms with Crippen molar-refractivity contribution in [2.45, 2.75) is 18.9 Å². The lowest BCUT2D eigenvalue weighted by Gasteiger charge is -2.31. The van der Waals surface area contributed by atoms with Crippen LogP contribution in [0.5, 0.6) is 17.2 Å². The topological polar surface area (TPSA) is 98.7 Å². The third-order valence-electron chi connectivity index (χ3n) is 6.31. The van der Waals surface area contributed by atoms with Gasteiger partial charge in [-0.2, -0.15) is 0 Å². The molecule has 0 radical (unpaired) electrons. The molecular weight excluding hydrogens is 490 g/mol. The molecule has 5 rings (SSSR count). The van der Waals surface area contributed by atoms with Gasteiger partial charge in [-0.25, -0.2) is 9.97 Å². The molecule has 0 aliphatic carbocycles. The Morgan fingerprint density at radius 1 is 1.11 bits per heavy atom. The third-order valence-corrected chi connectivity index (χ3v) is 7.13. The normalized spacial score (nSPS) is 13.8. The lowest BCUT2D eigenvalue weighted by Crippen LogP contribution is -2.41. The van der Waals surface area contributed by atoms with Crippen molar-refractivity contribution in [3.05, 3.63) is 61.0 Å².